The van der Waals surface area contributed by atoms with E-state index < -0.39 is 34.7 Å². The molecule has 1 aromatic heterocycles. The Labute approximate surface area is 157 Å². The molecule has 1 aromatic carbocycles. The Bertz CT molecular complexity index is 878. The number of aromatic nitrogens is 1. The number of alkyl halides is 3. The SMILES string of the molecule is NC(=O)C1(Cc2ccc(Cl)cc2)CN(C(=O)c2cccnc2C(F)(F)F)C1. The summed E-state index contributed by atoms with van der Waals surface area (Å²) in [6.45, 7) is -0.119. The molecule has 2 heterocycles. The average molecular weight is 398 g/mol. The van der Waals surface area contributed by atoms with E-state index in [1.807, 2.05) is 0 Å². The standard InChI is InChI=1S/C18H15ClF3N3O2/c19-12-5-3-11(4-6-12)8-17(16(23)27)9-25(10-17)15(26)13-2-1-7-24-14(13)18(20,21)22/h1-7H,8-10H2,(H2,23,27). The lowest BCUT2D eigenvalue weighted by molar-refractivity contribution is -0.142. The summed E-state index contributed by atoms with van der Waals surface area (Å²) in [4.78, 5) is 28.9. The van der Waals surface area contributed by atoms with Crippen molar-refractivity contribution in [3.63, 3.8) is 0 Å². The van der Waals surface area contributed by atoms with Crippen molar-refractivity contribution >= 4 is 23.4 Å². The van der Waals surface area contributed by atoms with Gasteiger partial charge in [0, 0.05) is 24.3 Å². The van der Waals surface area contributed by atoms with E-state index in [1.165, 1.54) is 11.0 Å². The Kier molecular flexibility index (Phi) is 4.86. The van der Waals surface area contributed by atoms with Crippen LogP contribution in [-0.2, 0) is 17.4 Å². The molecule has 1 saturated heterocycles. The van der Waals surface area contributed by atoms with E-state index in [2.05, 4.69) is 4.98 Å². The van der Waals surface area contributed by atoms with Gasteiger partial charge in [-0.15, -0.1) is 0 Å². The third kappa shape index (κ3) is 3.75. The van der Waals surface area contributed by atoms with Crippen LogP contribution in [0.4, 0.5) is 13.2 Å². The van der Waals surface area contributed by atoms with Gasteiger partial charge in [-0.25, -0.2) is 0 Å². The highest BCUT2D eigenvalue weighted by molar-refractivity contribution is 6.30. The van der Waals surface area contributed by atoms with Gasteiger partial charge in [0.05, 0.1) is 11.0 Å². The van der Waals surface area contributed by atoms with Gasteiger partial charge in [0.2, 0.25) is 5.91 Å². The summed E-state index contributed by atoms with van der Waals surface area (Å²) >= 11 is 5.84. The number of carbonyl (C=O) groups excluding carboxylic acids is 2. The van der Waals surface area contributed by atoms with Crippen molar-refractivity contribution in [1.82, 2.24) is 9.88 Å². The van der Waals surface area contributed by atoms with E-state index in [0.29, 0.717) is 5.02 Å². The Morgan fingerprint density at radius 1 is 1.19 bits per heavy atom. The molecule has 1 aliphatic heterocycles. The molecule has 5 nitrogen and oxygen atoms in total. The van der Waals surface area contributed by atoms with Gasteiger partial charge in [-0.1, -0.05) is 23.7 Å². The highest BCUT2D eigenvalue weighted by atomic mass is 35.5. The predicted molar refractivity (Wildman–Crippen MR) is 91.9 cm³/mol. The van der Waals surface area contributed by atoms with Gasteiger partial charge in [-0.05, 0) is 36.2 Å². The minimum absolute atomic E-state index is 0.0595. The zero-order valence-electron chi connectivity index (χ0n) is 14.0. The second kappa shape index (κ2) is 6.84. The largest absolute Gasteiger partial charge is 0.434 e. The van der Waals surface area contributed by atoms with Crippen molar-refractivity contribution in [2.75, 3.05) is 13.1 Å². The first-order chi connectivity index (χ1) is 12.6. The molecule has 0 aliphatic carbocycles. The molecule has 0 unspecified atom stereocenters. The molecule has 142 valence electrons. The molecule has 0 bridgehead atoms. The third-order valence-corrected chi connectivity index (χ3v) is 4.81. The fourth-order valence-corrected chi connectivity index (χ4v) is 3.28. The number of pyridine rings is 1. The number of halogens is 4. The summed E-state index contributed by atoms with van der Waals surface area (Å²) in [6, 6.07) is 9.14. The summed E-state index contributed by atoms with van der Waals surface area (Å²) in [7, 11) is 0. The van der Waals surface area contributed by atoms with Crippen LogP contribution in [-0.4, -0.2) is 34.8 Å². The first kappa shape index (κ1) is 19.2. The van der Waals surface area contributed by atoms with Gasteiger partial charge in [-0.2, -0.15) is 13.2 Å². The highest BCUT2D eigenvalue weighted by Gasteiger charge is 2.51. The number of carbonyl (C=O) groups is 2. The van der Waals surface area contributed by atoms with Gasteiger partial charge in [-0.3, -0.25) is 14.6 Å². The van der Waals surface area contributed by atoms with Gasteiger partial charge < -0.3 is 10.6 Å². The topological polar surface area (TPSA) is 76.3 Å². The summed E-state index contributed by atoms with van der Waals surface area (Å²) < 4.78 is 39.2. The molecule has 0 spiro atoms. The number of amides is 2. The zero-order chi connectivity index (χ0) is 19.8. The quantitative estimate of drug-likeness (QED) is 0.861. The van der Waals surface area contributed by atoms with E-state index >= 15 is 0 Å². The molecule has 2 aromatic rings. The van der Waals surface area contributed by atoms with E-state index in [0.717, 1.165) is 17.8 Å². The van der Waals surface area contributed by atoms with Crippen molar-refractivity contribution in [1.29, 1.82) is 0 Å². The lowest BCUT2D eigenvalue weighted by Crippen LogP contribution is -2.65. The zero-order valence-corrected chi connectivity index (χ0v) is 14.7. The van der Waals surface area contributed by atoms with Crippen LogP contribution in [0.2, 0.25) is 5.02 Å². The first-order valence-corrected chi connectivity index (χ1v) is 8.36. The highest BCUT2D eigenvalue weighted by Crippen LogP contribution is 2.37. The van der Waals surface area contributed by atoms with Crippen molar-refractivity contribution in [3.8, 4) is 0 Å². The minimum Gasteiger partial charge on any atom is -0.369 e. The fraction of sp³-hybridized carbons (Fsp3) is 0.278. The van der Waals surface area contributed by atoms with Crippen molar-refractivity contribution in [2.24, 2.45) is 11.1 Å². The number of likely N-dealkylation sites (tertiary alicyclic amines) is 1. The van der Waals surface area contributed by atoms with E-state index in [1.54, 1.807) is 24.3 Å². The molecule has 2 N–H and O–H groups in total. The van der Waals surface area contributed by atoms with Gasteiger partial charge >= 0.3 is 6.18 Å². The molecular formula is C18H15ClF3N3O2. The predicted octanol–water partition coefficient (Wildman–Crippen LogP) is 2.92. The average Bonchev–Trinajstić information content (AvgIpc) is 2.58. The Morgan fingerprint density at radius 2 is 1.81 bits per heavy atom. The molecule has 27 heavy (non-hydrogen) atoms. The Balaban J connectivity index is 1.79. The van der Waals surface area contributed by atoms with Crippen LogP contribution in [0.15, 0.2) is 42.6 Å². The fourth-order valence-electron chi connectivity index (χ4n) is 3.15. The second-order valence-corrected chi connectivity index (χ2v) is 6.94. The van der Waals surface area contributed by atoms with E-state index in [-0.39, 0.29) is 19.5 Å². The molecule has 1 aliphatic rings. The lowest BCUT2D eigenvalue weighted by Gasteiger charge is -2.48. The smallest absolute Gasteiger partial charge is 0.369 e. The van der Waals surface area contributed by atoms with Gasteiger partial charge in [0.15, 0.2) is 5.69 Å². The molecule has 0 radical (unpaired) electrons. The molecule has 1 fully saturated rings. The monoisotopic (exact) mass is 397 g/mol. The molecular weight excluding hydrogens is 383 g/mol. The third-order valence-electron chi connectivity index (χ3n) is 4.56. The second-order valence-electron chi connectivity index (χ2n) is 6.51. The summed E-state index contributed by atoms with van der Waals surface area (Å²) in [5, 5.41) is 0.536. The van der Waals surface area contributed by atoms with Gasteiger partial charge in [0.25, 0.3) is 5.91 Å². The molecule has 3 rings (SSSR count). The maximum Gasteiger partial charge on any atom is 0.434 e. The van der Waals surface area contributed by atoms with Crippen molar-refractivity contribution < 1.29 is 22.8 Å². The number of primary amides is 1. The Morgan fingerprint density at radius 3 is 2.37 bits per heavy atom. The van der Waals surface area contributed by atoms with Crippen molar-refractivity contribution in [2.45, 2.75) is 12.6 Å². The van der Waals surface area contributed by atoms with Crippen LogP contribution < -0.4 is 5.73 Å². The number of hydrogen-bond donors (Lipinski definition) is 1. The molecule has 2 amide bonds. The lowest BCUT2D eigenvalue weighted by atomic mass is 9.73. The maximum absolute atomic E-state index is 13.1. The molecule has 0 atom stereocenters. The van der Waals surface area contributed by atoms with E-state index in [4.69, 9.17) is 17.3 Å². The minimum atomic E-state index is -4.75. The number of nitrogens with zero attached hydrogens (tertiary/aromatic N) is 2. The molecule has 9 heteroatoms. The van der Waals surface area contributed by atoms with Crippen LogP contribution in [0.25, 0.3) is 0 Å². The van der Waals surface area contributed by atoms with Crippen molar-refractivity contribution in [3.05, 3.63) is 64.4 Å². The maximum atomic E-state index is 13.1. The summed E-state index contributed by atoms with van der Waals surface area (Å²) in [5.41, 5.74) is 3.49. The number of rotatable bonds is 4. The van der Waals surface area contributed by atoms with Gasteiger partial charge in [0.1, 0.15) is 0 Å². The number of hydrogen-bond acceptors (Lipinski definition) is 3. The Hall–Kier alpha value is -2.61. The molecule has 0 saturated carbocycles. The number of benzene rings is 1. The van der Waals surface area contributed by atoms with E-state index in [9.17, 15) is 22.8 Å². The summed E-state index contributed by atoms with van der Waals surface area (Å²) in [6.07, 6.45) is -3.51. The first-order valence-electron chi connectivity index (χ1n) is 7.98. The number of nitrogens with two attached hydrogens (primary N) is 1. The van der Waals surface area contributed by atoms with Crippen LogP contribution >= 0.6 is 11.6 Å². The van der Waals surface area contributed by atoms with Crippen LogP contribution in [0.1, 0.15) is 21.6 Å². The summed E-state index contributed by atoms with van der Waals surface area (Å²) in [5.74, 6) is -1.44. The van der Waals surface area contributed by atoms with Crippen LogP contribution in [0.5, 0.6) is 0 Å². The van der Waals surface area contributed by atoms with Crippen LogP contribution in [0.3, 0.4) is 0 Å². The normalized spacial score (nSPS) is 15.9. The van der Waals surface area contributed by atoms with Crippen LogP contribution in [0, 0.1) is 5.41 Å².